The third-order valence-corrected chi connectivity index (χ3v) is 3.58. The highest BCUT2D eigenvalue weighted by Gasteiger charge is 2.59. The van der Waals surface area contributed by atoms with Crippen LogP contribution < -0.4 is 5.32 Å². The second-order valence-corrected chi connectivity index (χ2v) is 5.29. The van der Waals surface area contributed by atoms with Crippen LogP contribution in [0, 0.1) is 0 Å². The van der Waals surface area contributed by atoms with Gasteiger partial charge >= 0.3 is 12.4 Å². The molecule has 1 fully saturated rings. The quantitative estimate of drug-likeness (QED) is 0.765. The molecule has 1 saturated carbocycles. The molecule has 0 bridgehead atoms. The van der Waals surface area contributed by atoms with E-state index in [0.717, 1.165) is 0 Å². The average Bonchev–Trinajstić information content (AvgIpc) is 2.34. The van der Waals surface area contributed by atoms with Gasteiger partial charge in [-0.15, -0.1) is 0 Å². The van der Waals surface area contributed by atoms with Gasteiger partial charge in [0.1, 0.15) is 0 Å². The van der Waals surface area contributed by atoms with Crippen LogP contribution in [0.3, 0.4) is 0 Å². The highest BCUT2D eigenvalue weighted by Crippen LogP contribution is 2.39. The second kappa shape index (κ2) is 6.70. The molecule has 1 aliphatic carbocycles. The number of hydrogen-bond donors (Lipinski definition) is 2. The number of likely N-dealkylation sites (N-methyl/N-ethyl adjacent to an activating group) is 1. The number of alkyl halides is 6. The van der Waals surface area contributed by atoms with Gasteiger partial charge in [-0.1, -0.05) is 6.92 Å². The molecule has 0 aromatic carbocycles. The Hall–Kier alpha value is -0.540. The molecule has 0 heterocycles. The van der Waals surface area contributed by atoms with E-state index in [2.05, 4.69) is 10.1 Å². The van der Waals surface area contributed by atoms with Gasteiger partial charge in [-0.05, 0) is 32.2 Å². The fraction of sp³-hybridized carbons (Fsp3) is 1.00. The normalized spacial score (nSPS) is 28.1. The molecule has 2 atom stereocenters. The third-order valence-electron chi connectivity index (χ3n) is 3.58. The molecule has 0 radical (unpaired) electrons. The summed E-state index contributed by atoms with van der Waals surface area (Å²) in [4.78, 5) is 0. The minimum Gasteiger partial charge on any atom is -0.394 e. The smallest absolute Gasteiger partial charge is 0.394 e. The second-order valence-electron chi connectivity index (χ2n) is 5.29. The predicted molar refractivity (Wildman–Crippen MR) is 62.7 cm³/mol. The van der Waals surface area contributed by atoms with E-state index in [0.29, 0.717) is 19.4 Å². The summed E-state index contributed by atoms with van der Waals surface area (Å²) in [7, 11) is 0. The van der Waals surface area contributed by atoms with Crippen LogP contribution in [0.15, 0.2) is 0 Å². The summed E-state index contributed by atoms with van der Waals surface area (Å²) in [6.07, 6.45) is -15.1. The lowest BCUT2D eigenvalue weighted by Gasteiger charge is -2.41. The summed E-state index contributed by atoms with van der Waals surface area (Å²) in [6.45, 7) is 1.84. The number of ether oxygens (including phenoxy) is 1. The van der Waals surface area contributed by atoms with Gasteiger partial charge in [-0.25, -0.2) is 0 Å². The van der Waals surface area contributed by atoms with Crippen LogP contribution in [0.4, 0.5) is 26.3 Å². The predicted octanol–water partition coefficient (Wildman–Crippen LogP) is 2.78. The van der Waals surface area contributed by atoms with Gasteiger partial charge in [-0.3, -0.25) is 0 Å². The molecule has 0 amide bonds. The first kappa shape index (κ1) is 18.5. The largest absolute Gasteiger partial charge is 0.423 e. The maximum Gasteiger partial charge on any atom is 0.423 e. The van der Waals surface area contributed by atoms with Gasteiger partial charge < -0.3 is 15.2 Å². The van der Waals surface area contributed by atoms with E-state index < -0.39 is 30.1 Å². The molecule has 2 N–H and O–H groups in total. The van der Waals surface area contributed by atoms with Crippen LogP contribution >= 0.6 is 0 Å². The summed E-state index contributed by atoms with van der Waals surface area (Å²) in [5.74, 6) is 0. The van der Waals surface area contributed by atoms with E-state index in [4.69, 9.17) is 0 Å². The fourth-order valence-electron chi connectivity index (χ4n) is 2.69. The average molecular weight is 323 g/mol. The van der Waals surface area contributed by atoms with E-state index in [1.54, 1.807) is 6.92 Å². The van der Waals surface area contributed by atoms with Crippen LogP contribution in [0.2, 0.25) is 0 Å². The summed E-state index contributed by atoms with van der Waals surface area (Å²) in [5, 5.41) is 12.3. The zero-order valence-electron chi connectivity index (χ0n) is 11.5. The van der Waals surface area contributed by atoms with Crippen LogP contribution in [-0.4, -0.2) is 48.4 Å². The molecule has 3 nitrogen and oxygen atoms in total. The SMILES string of the molecule is CCNC1(CO)CCCC(OC(C(F)(F)F)C(F)(F)F)C1. The minimum absolute atomic E-state index is 0.0833. The Balaban J connectivity index is 2.80. The van der Waals surface area contributed by atoms with Gasteiger partial charge in [0.05, 0.1) is 12.7 Å². The van der Waals surface area contributed by atoms with Gasteiger partial charge in [0.2, 0.25) is 6.10 Å². The van der Waals surface area contributed by atoms with Crippen LogP contribution in [0.25, 0.3) is 0 Å². The lowest BCUT2D eigenvalue weighted by atomic mass is 9.80. The lowest BCUT2D eigenvalue weighted by molar-refractivity contribution is -0.333. The Bertz CT molecular complexity index is 315. The first-order chi connectivity index (χ1) is 9.54. The Morgan fingerprint density at radius 1 is 1.24 bits per heavy atom. The van der Waals surface area contributed by atoms with Crippen molar-refractivity contribution in [2.75, 3.05) is 13.2 Å². The first-order valence-corrected chi connectivity index (χ1v) is 6.69. The van der Waals surface area contributed by atoms with Gasteiger partial charge in [0.25, 0.3) is 0 Å². The van der Waals surface area contributed by atoms with Crippen molar-refractivity contribution in [1.29, 1.82) is 0 Å². The minimum atomic E-state index is -5.50. The summed E-state index contributed by atoms with van der Waals surface area (Å²) in [5.41, 5.74) is -0.876. The molecule has 0 spiro atoms. The molecule has 2 unspecified atom stereocenters. The van der Waals surface area contributed by atoms with E-state index in [1.165, 1.54) is 0 Å². The Kier molecular flexibility index (Phi) is 5.91. The monoisotopic (exact) mass is 323 g/mol. The number of aliphatic hydroxyl groups excluding tert-OH is 1. The molecular weight excluding hydrogens is 304 g/mol. The van der Waals surface area contributed by atoms with Gasteiger partial charge in [0.15, 0.2) is 0 Å². The molecule has 1 rings (SSSR count). The third kappa shape index (κ3) is 5.00. The van der Waals surface area contributed by atoms with Crippen LogP contribution in [0.1, 0.15) is 32.6 Å². The number of nitrogens with one attached hydrogen (secondary N) is 1. The molecule has 1 aliphatic rings. The molecule has 0 saturated heterocycles. The molecule has 0 aromatic heterocycles. The lowest BCUT2D eigenvalue weighted by Crippen LogP contribution is -2.55. The molecule has 21 heavy (non-hydrogen) atoms. The van der Waals surface area contributed by atoms with Crippen molar-refractivity contribution in [3.8, 4) is 0 Å². The zero-order chi connectivity index (χ0) is 16.3. The van der Waals surface area contributed by atoms with E-state index in [9.17, 15) is 31.4 Å². The molecule has 0 aliphatic heterocycles. The first-order valence-electron chi connectivity index (χ1n) is 6.69. The highest BCUT2D eigenvalue weighted by molar-refractivity contribution is 4.94. The zero-order valence-corrected chi connectivity index (χ0v) is 11.5. The number of hydrogen-bond acceptors (Lipinski definition) is 3. The summed E-state index contributed by atoms with van der Waals surface area (Å²) in [6, 6.07) is 0. The van der Waals surface area contributed by atoms with Crippen molar-refractivity contribution in [3.63, 3.8) is 0 Å². The Labute approximate surface area is 118 Å². The molecule has 126 valence electrons. The summed E-state index contributed by atoms with van der Waals surface area (Å²) < 4.78 is 79.2. The fourth-order valence-corrected chi connectivity index (χ4v) is 2.69. The van der Waals surface area contributed by atoms with Crippen molar-refractivity contribution in [2.24, 2.45) is 0 Å². The highest BCUT2D eigenvalue weighted by atomic mass is 19.4. The number of aliphatic hydroxyl groups is 1. The van der Waals surface area contributed by atoms with Crippen molar-refractivity contribution >= 4 is 0 Å². The van der Waals surface area contributed by atoms with Crippen molar-refractivity contribution in [1.82, 2.24) is 5.32 Å². The Morgan fingerprint density at radius 2 is 1.81 bits per heavy atom. The van der Waals surface area contributed by atoms with Gasteiger partial charge in [-0.2, -0.15) is 26.3 Å². The van der Waals surface area contributed by atoms with Crippen molar-refractivity contribution < 1.29 is 36.2 Å². The van der Waals surface area contributed by atoms with Gasteiger partial charge in [0, 0.05) is 5.54 Å². The van der Waals surface area contributed by atoms with E-state index >= 15 is 0 Å². The van der Waals surface area contributed by atoms with Crippen molar-refractivity contribution in [2.45, 2.75) is 62.7 Å². The Morgan fingerprint density at radius 3 is 2.24 bits per heavy atom. The maximum absolute atomic E-state index is 12.5. The van der Waals surface area contributed by atoms with E-state index in [-0.39, 0.29) is 19.4 Å². The molecule has 9 heteroatoms. The van der Waals surface area contributed by atoms with E-state index in [1.807, 2.05) is 0 Å². The number of rotatable bonds is 5. The molecule has 0 aromatic rings. The standard InChI is InChI=1S/C12H19F6NO2/c1-2-19-10(7-20)5-3-4-8(6-10)21-9(11(13,14)15)12(16,17)18/h8-9,19-20H,2-7H2,1H3. The topological polar surface area (TPSA) is 41.5 Å². The number of halogens is 6. The maximum atomic E-state index is 12.5. The van der Waals surface area contributed by atoms with Crippen LogP contribution in [-0.2, 0) is 4.74 Å². The molecular formula is C12H19F6NO2. The van der Waals surface area contributed by atoms with Crippen molar-refractivity contribution in [3.05, 3.63) is 0 Å². The van der Waals surface area contributed by atoms with Crippen LogP contribution in [0.5, 0.6) is 0 Å². The summed E-state index contributed by atoms with van der Waals surface area (Å²) >= 11 is 0.